The van der Waals surface area contributed by atoms with Gasteiger partial charge in [-0.05, 0) is 51.7 Å². The van der Waals surface area contributed by atoms with E-state index in [0.717, 1.165) is 32.1 Å². The van der Waals surface area contributed by atoms with Crippen LogP contribution in [-0.2, 0) is 4.79 Å². The zero-order valence-corrected chi connectivity index (χ0v) is 17.9. The van der Waals surface area contributed by atoms with Crippen LogP contribution in [0.3, 0.4) is 0 Å². The minimum Gasteiger partial charge on any atom is -0.408 e. The molecule has 2 fully saturated rings. The highest BCUT2D eigenvalue weighted by molar-refractivity contribution is 5.91. The second kappa shape index (κ2) is 8.16. The predicted octanol–water partition coefficient (Wildman–Crippen LogP) is 3.43. The van der Waals surface area contributed by atoms with Gasteiger partial charge in [-0.3, -0.25) is 9.36 Å². The van der Waals surface area contributed by atoms with Gasteiger partial charge in [-0.25, -0.2) is 9.59 Å². The van der Waals surface area contributed by atoms with Crippen molar-refractivity contribution in [2.75, 3.05) is 25.5 Å². The molecule has 1 aromatic carbocycles. The molecule has 0 spiro atoms. The number of hydrogen-bond acceptors (Lipinski definition) is 4. The van der Waals surface area contributed by atoms with Crippen molar-refractivity contribution in [3.8, 4) is 0 Å². The van der Waals surface area contributed by atoms with Crippen molar-refractivity contribution in [3.63, 3.8) is 0 Å². The van der Waals surface area contributed by atoms with Gasteiger partial charge in [0.05, 0.1) is 5.52 Å². The molecule has 1 aliphatic carbocycles. The number of benzene rings is 1. The third-order valence-corrected chi connectivity index (χ3v) is 6.48. The molecule has 1 saturated carbocycles. The van der Waals surface area contributed by atoms with E-state index in [2.05, 4.69) is 5.32 Å². The minimum atomic E-state index is -0.399. The Hall–Kier alpha value is -2.77. The monoisotopic (exact) mass is 414 g/mol. The zero-order chi connectivity index (χ0) is 21.4. The molecule has 0 radical (unpaired) electrons. The van der Waals surface area contributed by atoms with Crippen LogP contribution >= 0.6 is 0 Å². The maximum Gasteiger partial charge on any atom is 0.420 e. The van der Waals surface area contributed by atoms with Crippen molar-refractivity contribution in [1.29, 1.82) is 0 Å². The van der Waals surface area contributed by atoms with Crippen LogP contribution in [0.15, 0.2) is 27.4 Å². The van der Waals surface area contributed by atoms with Crippen LogP contribution in [0.5, 0.6) is 0 Å². The van der Waals surface area contributed by atoms with Gasteiger partial charge in [0.25, 0.3) is 0 Å². The highest BCUT2D eigenvalue weighted by atomic mass is 16.4. The second-order valence-electron chi connectivity index (χ2n) is 8.74. The fourth-order valence-corrected chi connectivity index (χ4v) is 4.37. The molecule has 3 amide bonds. The molecule has 1 saturated heterocycles. The summed E-state index contributed by atoms with van der Waals surface area (Å²) in [6.07, 6.45) is 4.77. The van der Waals surface area contributed by atoms with Crippen molar-refractivity contribution < 1.29 is 14.0 Å². The number of fused-ring (bicyclic) bond motifs is 1. The van der Waals surface area contributed by atoms with Crippen molar-refractivity contribution >= 4 is 28.7 Å². The average Bonchev–Trinajstić information content (AvgIpc) is 3.01. The first-order valence-electron chi connectivity index (χ1n) is 10.8. The van der Waals surface area contributed by atoms with Gasteiger partial charge in [0.2, 0.25) is 5.91 Å². The van der Waals surface area contributed by atoms with Gasteiger partial charge in [-0.15, -0.1) is 0 Å². The molecule has 2 aromatic rings. The standard InChI is InChI=1S/C22H30N4O4/c1-14(2)26-18-8-7-16(13-19(18)30-22(26)29)23-21(28)24(3)17-9-11-25(12-10-17)20(27)15-5-4-6-15/h7-8,13-15,17H,4-6,9-12H2,1-3H3,(H,23,28). The molecule has 0 bridgehead atoms. The lowest BCUT2D eigenvalue weighted by Gasteiger charge is -2.39. The van der Waals surface area contributed by atoms with Gasteiger partial charge < -0.3 is 19.5 Å². The molecule has 8 nitrogen and oxygen atoms in total. The van der Waals surface area contributed by atoms with E-state index in [1.54, 1.807) is 34.7 Å². The quantitative estimate of drug-likeness (QED) is 0.830. The van der Waals surface area contributed by atoms with Crippen molar-refractivity contribution in [3.05, 3.63) is 28.7 Å². The highest BCUT2D eigenvalue weighted by Crippen LogP contribution is 2.30. The molecule has 0 unspecified atom stereocenters. The molecule has 0 atom stereocenters. The largest absolute Gasteiger partial charge is 0.420 e. The van der Waals surface area contributed by atoms with E-state index >= 15 is 0 Å². The number of carbonyl (C=O) groups excluding carboxylic acids is 2. The molecule has 8 heteroatoms. The lowest BCUT2D eigenvalue weighted by atomic mass is 9.84. The molecule has 1 aromatic heterocycles. The summed E-state index contributed by atoms with van der Waals surface area (Å²) in [7, 11) is 1.79. The van der Waals surface area contributed by atoms with Crippen molar-refractivity contribution in [2.45, 2.75) is 58.0 Å². The Kier molecular flexibility index (Phi) is 5.58. The summed E-state index contributed by atoms with van der Waals surface area (Å²) in [6.45, 7) is 5.26. The maximum atomic E-state index is 12.7. The lowest BCUT2D eigenvalue weighted by Crippen LogP contribution is -2.50. The summed E-state index contributed by atoms with van der Waals surface area (Å²) in [5.74, 6) is 0.113. The zero-order valence-electron chi connectivity index (χ0n) is 17.9. The van der Waals surface area contributed by atoms with Crippen LogP contribution in [-0.4, -0.2) is 52.5 Å². The molecule has 1 N–H and O–H groups in total. The Morgan fingerprint density at radius 2 is 1.87 bits per heavy atom. The number of urea groups is 1. The van der Waals surface area contributed by atoms with Gasteiger partial charge in [0.15, 0.2) is 5.58 Å². The lowest BCUT2D eigenvalue weighted by molar-refractivity contribution is -0.139. The molecular weight excluding hydrogens is 384 g/mol. The number of carbonyl (C=O) groups is 2. The maximum absolute atomic E-state index is 12.7. The van der Waals surface area contributed by atoms with Gasteiger partial charge in [-0.1, -0.05) is 6.42 Å². The number of nitrogens with zero attached hydrogens (tertiary/aromatic N) is 3. The fraction of sp³-hybridized carbons (Fsp3) is 0.591. The van der Waals surface area contributed by atoms with Crippen LogP contribution in [0.25, 0.3) is 11.1 Å². The normalized spacial score (nSPS) is 17.9. The molecule has 30 heavy (non-hydrogen) atoms. The summed E-state index contributed by atoms with van der Waals surface area (Å²) < 4.78 is 6.92. The number of hydrogen-bond donors (Lipinski definition) is 1. The Labute approximate surface area is 175 Å². The number of anilines is 1. The second-order valence-corrected chi connectivity index (χ2v) is 8.74. The number of rotatable bonds is 4. The van der Waals surface area contributed by atoms with E-state index in [1.807, 2.05) is 18.7 Å². The Balaban J connectivity index is 1.37. The van der Waals surface area contributed by atoms with Gasteiger partial charge >= 0.3 is 11.8 Å². The van der Waals surface area contributed by atoms with Crippen LogP contribution in [0, 0.1) is 5.92 Å². The minimum absolute atomic E-state index is 0.00707. The van der Waals surface area contributed by atoms with Gasteiger partial charge in [0.1, 0.15) is 0 Å². The Morgan fingerprint density at radius 1 is 1.17 bits per heavy atom. The number of aromatic nitrogens is 1. The van der Waals surface area contributed by atoms with Crippen LogP contribution in [0.1, 0.15) is 52.0 Å². The summed E-state index contributed by atoms with van der Waals surface area (Å²) in [6, 6.07) is 5.14. The Morgan fingerprint density at radius 3 is 2.47 bits per heavy atom. The smallest absolute Gasteiger partial charge is 0.408 e. The number of amides is 3. The molecule has 2 aliphatic rings. The summed E-state index contributed by atoms with van der Waals surface area (Å²) in [4.78, 5) is 40.9. The van der Waals surface area contributed by atoms with Crippen LogP contribution < -0.4 is 11.1 Å². The van der Waals surface area contributed by atoms with Crippen LogP contribution in [0.2, 0.25) is 0 Å². The average molecular weight is 415 g/mol. The van der Waals surface area contributed by atoms with Gasteiger partial charge in [-0.2, -0.15) is 0 Å². The SMILES string of the molecule is CC(C)n1c(=O)oc2cc(NC(=O)N(C)C3CCN(C(=O)C4CCC4)CC3)ccc21. The third-order valence-electron chi connectivity index (χ3n) is 6.48. The molecule has 2 heterocycles. The summed E-state index contributed by atoms with van der Waals surface area (Å²) in [5.41, 5.74) is 1.75. The number of nitrogens with one attached hydrogen (secondary N) is 1. The van der Waals surface area contributed by atoms with E-state index < -0.39 is 5.76 Å². The number of piperidine rings is 1. The van der Waals surface area contributed by atoms with E-state index in [9.17, 15) is 14.4 Å². The van der Waals surface area contributed by atoms with E-state index in [-0.39, 0.29) is 29.9 Å². The molecule has 4 rings (SSSR count). The molecule has 162 valence electrons. The topological polar surface area (TPSA) is 87.8 Å². The van der Waals surface area contributed by atoms with Crippen LogP contribution in [0.4, 0.5) is 10.5 Å². The first-order chi connectivity index (χ1) is 14.3. The fourth-order valence-electron chi connectivity index (χ4n) is 4.37. The van der Waals surface area contributed by atoms with Gasteiger partial charge in [0, 0.05) is 49.9 Å². The Bertz CT molecular complexity index is 996. The summed E-state index contributed by atoms with van der Waals surface area (Å²) >= 11 is 0. The highest BCUT2D eigenvalue weighted by Gasteiger charge is 2.33. The number of likely N-dealkylation sites (tertiary alicyclic amines) is 1. The first-order valence-corrected chi connectivity index (χ1v) is 10.8. The predicted molar refractivity (Wildman–Crippen MR) is 115 cm³/mol. The first kappa shape index (κ1) is 20.5. The summed E-state index contributed by atoms with van der Waals surface area (Å²) in [5, 5.41) is 2.89. The third kappa shape index (κ3) is 3.82. The molecule has 1 aliphatic heterocycles. The van der Waals surface area contributed by atoms with Crippen molar-refractivity contribution in [1.82, 2.24) is 14.4 Å². The van der Waals surface area contributed by atoms with E-state index in [1.165, 1.54) is 0 Å². The van der Waals surface area contributed by atoms with E-state index in [0.29, 0.717) is 29.9 Å². The molecular formula is C22H30N4O4. The van der Waals surface area contributed by atoms with E-state index in [4.69, 9.17) is 4.42 Å². The van der Waals surface area contributed by atoms with Crippen molar-refractivity contribution in [2.24, 2.45) is 5.92 Å². The number of oxazole rings is 1.